The lowest BCUT2D eigenvalue weighted by molar-refractivity contribution is -0.138. The summed E-state index contributed by atoms with van der Waals surface area (Å²) in [6, 6.07) is 3.31. The topological polar surface area (TPSA) is 86.8 Å². The van der Waals surface area contributed by atoms with Crippen molar-refractivity contribution in [2.75, 3.05) is 5.73 Å². The molecule has 0 radical (unpaired) electrons. The molecule has 23 heavy (non-hydrogen) atoms. The van der Waals surface area contributed by atoms with E-state index in [9.17, 15) is 26.3 Å². The highest BCUT2D eigenvalue weighted by atomic mass is 35.5. The van der Waals surface area contributed by atoms with Gasteiger partial charge < -0.3 is 11.9 Å². The first-order valence-corrected chi connectivity index (χ1v) is 5.85. The maximum Gasteiger partial charge on any atom is 0.416 e. The first-order valence-electron chi connectivity index (χ1n) is 5.47. The van der Waals surface area contributed by atoms with Crippen molar-refractivity contribution in [2.45, 2.75) is 12.4 Å². The van der Waals surface area contributed by atoms with Crippen LogP contribution in [0, 0.1) is 0 Å². The fourth-order valence-electron chi connectivity index (χ4n) is 1.20. The second-order valence-corrected chi connectivity index (χ2v) is 4.22. The van der Waals surface area contributed by atoms with Gasteiger partial charge in [-0.05, 0) is 24.3 Å². The van der Waals surface area contributed by atoms with E-state index in [0.29, 0.717) is 0 Å². The highest BCUT2D eigenvalue weighted by Crippen LogP contribution is 2.30. The molecule has 2 aromatic rings. The lowest BCUT2D eigenvalue weighted by Crippen LogP contribution is -2.05. The molecule has 2 aromatic heterocycles. The molecule has 11 heteroatoms. The van der Waals surface area contributed by atoms with Gasteiger partial charge in [0.25, 0.3) is 0 Å². The van der Waals surface area contributed by atoms with Crippen molar-refractivity contribution in [3.8, 4) is 0 Å². The van der Waals surface area contributed by atoms with Crippen LogP contribution in [0.4, 0.5) is 32.2 Å². The highest BCUT2D eigenvalue weighted by Gasteiger charge is 2.31. The van der Waals surface area contributed by atoms with Gasteiger partial charge >= 0.3 is 12.4 Å². The van der Waals surface area contributed by atoms with Crippen LogP contribution in [-0.4, -0.2) is 9.97 Å². The van der Waals surface area contributed by atoms with Crippen molar-refractivity contribution >= 4 is 17.4 Å². The summed E-state index contributed by atoms with van der Waals surface area (Å²) in [5.41, 5.74) is 3.49. The normalized spacial score (nSPS) is 11.1. The minimum absolute atomic E-state index is 0. The fourth-order valence-corrected chi connectivity index (χ4v) is 1.38. The van der Waals surface area contributed by atoms with Gasteiger partial charge in [0.05, 0.1) is 11.1 Å². The standard InChI is InChI=1S/C6H3ClF3N.C6H5F3N2.H3N/c7-5-3-4(1-2-11-5)6(8,9)10;7-6(8,9)4-1-2-11-5(10)3-4;/h1-3H;1-3H,(H2,10,11);1H3. The molecule has 0 aliphatic carbocycles. The zero-order chi connectivity index (χ0) is 17.0. The molecule has 0 amide bonds. The predicted octanol–water partition coefficient (Wildman–Crippen LogP) is 4.60. The number of hydrogen-bond donors (Lipinski definition) is 2. The van der Waals surface area contributed by atoms with E-state index in [1.165, 1.54) is 0 Å². The van der Waals surface area contributed by atoms with Crippen molar-refractivity contribution in [2.24, 2.45) is 0 Å². The average Bonchev–Trinajstić information content (AvgIpc) is 2.37. The first kappa shape index (κ1) is 20.9. The summed E-state index contributed by atoms with van der Waals surface area (Å²) in [5.74, 6) is -0.125. The van der Waals surface area contributed by atoms with E-state index in [1.54, 1.807) is 0 Å². The first-order chi connectivity index (χ1) is 10.00. The van der Waals surface area contributed by atoms with Crippen LogP contribution in [0.2, 0.25) is 5.15 Å². The SMILES string of the molecule is FC(F)(F)c1ccnc(Cl)c1.N.Nc1cc(C(F)(F)F)ccn1. The number of nitrogens with zero attached hydrogens (tertiary/aromatic N) is 2. The number of halogens is 7. The quantitative estimate of drug-likeness (QED) is 0.531. The molecule has 0 aromatic carbocycles. The molecule has 2 heterocycles. The molecule has 128 valence electrons. The predicted molar refractivity (Wildman–Crippen MR) is 72.9 cm³/mol. The highest BCUT2D eigenvalue weighted by molar-refractivity contribution is 6.29. The number of rotatable bonds is 0. The van der Waals surface area contributed by atoms with E-state index < -0.39 is 23.5 Å². The van der Waals surface area contributed by atoms with Crippen LogP contribution in [0.5, 0.6) is 0 Å². The third kappa shape index (κ3) is 7.15. The molecule has 0 fully saturated rings. The van der Waals surface area contributed by atoms with E-state index in [1.807, 2.05) is 0 Å². The summed E-state index contributed by atoms with van der Waals surface area (Å²) in [4.78, 5) is 6.85. The number of nitrogen functional groups attached to an aromatic ring is 1. The monoisotopic (exact) mass is 360 g/mol. The summed E-state index contributed by atoms with van der Waals surface area (Å²) >= 11 is 5.24. The number of aromatic nitrogens is 2. The largest absolute Gasteiger partial charge is 0.416 e. The molecular weight excluding hydrogens is 350 g/mol. The molecule has 0 aliphatic heterocycles. The van der Waals surface area contributed by atoms with Gasteiger partial charge in [0, 0.05) is 12.4 Å². The van der Waals surface area contributed by atoms with Gasteiger partial charge in [-0.2, -0.15) is 26.3 Å². The van der Waals surface area contributed by atoms with E-state index in [0.717, 1.165) is 36.7 Å². The number of nitrogens with two attached hydrogens (primary N) is 1. The van der Waals surface area contributed by atoms with Crippen LogP contribution in [0.1, 0.15) is 11.1 Å². The van der Waals surface area contributed by atoms with Crippen molar-refractivity contribution < 1.29 is 26.3 Å². The maximum absolute atomic E-state index is 11.9. The van der Waals surface area contributed by atoms with Gasteiger partial charge in [-0.15, -0.1) is 0 Å². The van der Waals surface area contributed by atoms with Gasteiger partial charge in [-0.25, -0.2) is 9.97 Å². The summed E-state index contributed by atoms with van der Waals surface area (Å²) in [5, 5.41) is -0.153. The van der Waals surface area contributed by atoms with E-state index in [-0.39, 0.29) is 17.1 Å². The second kappa shape index (κ2) is 7.97. The number of hydrogen-bond acceptors (Lipinski definition) is 4. The van der Waals surface area contributed by atoms with Gasteiger partial charge in [-0.1, -0.05) is 11.6 Å². The molecule has 0 spiro atoms. The van der Waals surface area contributed by atoms with Gasteiger partial charge in [0.15, 0.2) is 0 Å². The average molecular weight is 361 g/mol. The lowest BCUT2D eigenvalue weighted by atomic mass is 10.2. The Morgan fingerprint density at radius 1 is 0.826 bits per heavy atom. The Balaban J connectivity index is 0.000000403. The van der Waals surface area contributed by atoms with Crippen LogP contribution in [0.25, 0.3) is 0 Å². The van der Waals surface area contributed by atoms with Crippen LogP contribution in [0.3, 0.4) is 0 Å². The summed E-state index contributed by atoms with van der Waals surface area (Å²) < 4.78 is 71.3. The molecule has 0 saturated heterocycles. The molecule has 2 rings (SSSR count). The molecule has 0 aliphatic rings. The van der Waals surface area contributed by atoms with Gasteiger partial charge in [0.1, 0.15) is 11.0 Å². The Labute approximate surface area is 131 Å². The summed E-state index contributed by atoms with van der Waals surface area (Å²) in [7, 11) is 0. The van der Waals surface area contributed by atoms with Crippen LogP contribution >= 0.6 is 11.6 Å². The van der Waals surface area contributed by atoms with Gasteiger partial charge in [0.2, 0.25) is 0 Å². The third-order valence-electron chi connectivity index (χ3n) is 2.16. The minimum Gasteiger partial charge on any atom is -0.384 e. The summed E-state index contributed by atoms with van der Waals surface area (Å²) in [6.45, 7) is 0. The van der Waals surface area contributed by atoms with Crippen molar-refractivity contribution in [1.29, 1.82) is 0 Å². The van der Waals surface area contributed by atoms with Crippen LogP contribution < -0.4 is 11.9 Å². The zero-order valence-corrected chi connectivity index (χ0v) is 12.0. The minimum atomic E-state index is -4.34. The zero-order valence-electron chi connectivity index (χ0n) is 11.3. The molecule has 0 atom stereocenters. The number of pyridine rings is 2. The van der Waals surface area contributed by atoms with Crippen molar-refractivity contribution in [3.05, 3.63) is 52.9 Å². The molecular formula is C12H11ClF6N4. The Hall–Kier alpha value is -2.07. The third-order valence-corrected chi connectivity index (χ3v) is 2.37. The van der Waals surface area contributed by atoms with Crippen LogP contribution in [-0.2, 0) is 12.4 Å². The smallest absolute Gasteiger partial charge is 0.384 e. The number of anilines is 1. The van der Waals surface area contributed by atoms with E-state index in [4.69, 9.17) is 17.3 Å². The van der Waals surface area contributed by atoms with E-state index >= 15 is 0 Å². The van der Waals surface area contributed by atoms with Crippen LogP contribution in [0.15, 0.2) is 36.7 Å². The Bertz CT molecular complexity index is 574. The second-order valence-electron chi connectivity index (χ2n) is 3.83. The molecule has 0 bridgehead atoms. The Morgan fingerprint density at radius 2 is 1.26 bits per heavy atom. The fraction of sp³-hybridized carbons (Fsp3) is 0.167. The summed E-state index contributed by atoms with van der Waals surface area (Å²) in [6.07, 6.45) is -6.63. The van der Waals surface area contributed by atoms with Crippen molar-refractivity contribution in [1.82, 2.24) is 16.1 Å². The van der Waals surface area contributed by atoms with E-state index in [2.05, 4.69) is 9.97 Å². The number of alkyl halides is 6. The molecule has 5 N–H and O–H groups in total. The lowest BCUT2D eigenvalue weighted by Gasteiger charge is -2.05. The molecule has 0 unspecified atom stereocenters. The van der Waals surface area contributed by atoms with Crippen molar-refractivity contribution in [3.63, 3.8) is 0 Å². The molecule has 0 saturated carbocycles. The maximum atomic E-state index is 11.9. The van der Waals surface area contributed by atoms with Gasteiger partial charge in [-0.3, -0.25) is 0 Å². The molecule has 4 nitrogen and oxygen atoms in total. The Kier molecular flexibility index (Phi) is 7.25. The Morgan fingerprint density at radius 3 is 1.57 bits per heavy atom.